The van der Waals surface area contributed by atoms with Crippen LogP contribution in [0.3, 0.4) is 0 Å². The van der Waals surface area contributed by atoms with E-state index in [2.05, 4.69) is 27.0 Å². The highest BCUT2D eigenvalue weighted by Crippen LogP contribution is 2.17. The molecule has 116 valence electrons. The maximum atomic E-state index is 12.0. The quantitative estimate of drug-likeness (QED) is 0.942. The number of amides is 1. The van der Waals surface area contributed by atoms with Gasteiger partial charge in [-0.25, -0.2) is 4.98 Å². The van der Waals surface area contributed by atoms with Gasteiger partial charge in [0.2, 0.25) is 0 Å². The number of nitrogens with zero attached hydrogens (tertiary/aromatic N) is 3. The Labute approximate surface area is 134 Å². The molecule has 0 spiro atoms. The van der Waals surface area contributed by atoms with E-state index in [-0.39, 0.29) is 5.91 Å². The summed E-state index contributed by atoms with van der Waals surface area (Å²) in [5.74, 6) is 0.894. The summed E-state index contributed by atoms with van der Waals surface area (Å²) in [6.45, 7) is 7.46. The summed E-state index contributed by atoms with van der Waals surface area (Å²) in [4.78, 5) is 21.9. The zero-order valence-corrected chi connectivity index (χ0v) is 13.5. The first kappa shape index (κ1) is 15.0. The molecule has 0 unspecified atom stereocenters. The number of hydrogen-bond donors (Lipinski definition) is 1. The van der Waals surface area contributed by atoms with Crippen LogP contribution >= 0.6 is 11.3 Å². The van der Waals surface area contributed by atoms with E-state index < -0.39 is 0 Å². The summed E-state index contributed by atoms with van der Waals surface area (Å²) < 4.78 is 0. The average molecular weight is 316 g/mol. The molecule has 0 aromatic carbocycles. The Morgan fingerprint density at radius 3 is 2.68 bits per heavy atom. The minimum Gasteiger partial charge on any atom is -0.354 e. The molecular formula is C16H20N4OS. The van der Waals surface area contributed by atoms with Gasteiger partial charge in [-0.1, -0.05) is 13.0 Å². The van der Waals surface area contributed by atoms with Gasteiger partial charge in [0.25, 0.3) is 5.91 Å². The van der Waals surface area contributed by atoms with Crippen molar-refractivity contribution in [1.82, 2.24) is 9.88 Å². The second kappa shape index (κ2) is 6.89. The first-order chi connectivity index (χ1) is 10.8. The highest BCUT2D eigenvalue weighted by atomic mass is 32.1. The van der Waals surface area contributed by atoms with Gasteiger partial charge in [-0.2, -0.15) is 0 Å². The van der Waals surface area contributed by atoms with E-state index in [1.807, 2.05) is 29.6 Å². The molecule has 5 nitrogen and oxygen atoms in total. The topological polar surface area (TPSA) is 48.5 Å². The summed E-state index contributed by atoms with van der Waals surface area (Å²) in [5.41, 5.74) is 0.731. The molecule has 0 aliphatic carbocycles. The summed E-state index contributed by atoms with van der Waals surface area (Å²) in [7, 11) is 0. The van der Waals surface area contributed by atoms with Crippen molar-refractivity contribution in [2.24, 2.45) is 0 Å². The summed E-state index contributed by atoms with van der Waals surface area (Å²) in [5, 5.41) is 4.77. The molecule has 1 aliphatic rings. The molecule has 2 aromatic heterocycles. The van der Waals surface area contributed by atoms with Gasteiger partial charge in [-0.3, -0.25) is 4.79 Å². The Hall–Kier alpha value is -1.92. The molecule has 0 bridgehead atoms. The minimum atomic E-state index is -0.0823. The number of rotatable bonds is 4. The van der Waals surface area contributed by atoms with Crippen LogP contribution in [0, 0.1) is 0 Å². The second-order valence-corrected chi connectivity index (χ2v) is 6.21. The fourth-order valence-electron chi connectivity index (χ4n) is 2.54. The van der Waals surface area contributed by atoms with Crippen LogP contribution in [-0.4, -0.2) is 48.5 Å². The predicted octanol–water partition coefficient (Wildman–Crippen LogP) is 2.54. The van der Waals surface area contributed by atoms with Crippen LogP contribution in [0.15, 0.2) is 35.8 Å². The number of aromatic nitrogens is 1. The summed E-state index contributed by atoms with van der Waals surface area (Å²) in [6, 6.07) is 7.58. The van der Waals surface area contributed by atoms with Crippen molar-refractivity contribution in [3.63, 3.8) is 0 Å². The monoisotopic (exact) mass is 316 g/mol. The third-order valence-corrected chi connectivity index (χ3v) is 4.76. The normalized spacial score (nSPS) is 15.8. The lowest BCUT2D eigenvalue weighted by atomic mass is 10.3. The third kappa shape index (κ3) is 3.45. The van der Waals surface area contributed by atoms with Crippen molar-refractivity contribution in [1.29, 1.82) is 0 Å². The van der Waals surface area contributed by atoms with Crippen LogP contribution in [0.5, 0.6) is 0 Å². The molecule has 3 rings (SSSR count). The van der Waals surface area contributed by atoms with E-state index in [1.54, 1.807) is 6.20 Å². The van der Waals surface area contributed by atoms with Crippen LogP contribution in [0.1, 0.15) is 16.6 Å². The van der Waals surface area contributed by atoms with Crippen molar-refractivity contribution in [2.75, 3.05) is 42.9 Å². The fourth-order valence-corrected chi connectivity index (χ4v) is 3.16. The average Bonchev–Trinajstić information content (AvgIpc) is 3.10. The number of nitrogens with one attached hydrogen (secondary N) is 1. The van der Waals surface area contributed by atoms with Gasteiger partial charge in [0.1, 0.15) is 5.82 Å². The minimum absolute atomic E-state index is 0.0823. The van der Waals surface area contributed by atoms with E-state index in [0.717, 1.165) is 44.2 Å². The van der Waals surface area contributed by atoms with Crippen molar-refractivity contribution in [3.05, 3.63) is 40.7 Å². The SMILES string of the molecule is CCN1CCN(c2ccc(NC(=O)c3cccs3)cn2)CC1. The van der Waals surface area contributed by atoms with Crippen molar-refractivity contribution < 1.29 is 4.79 Å². The third-order valence-electron chi connectivity index (χ3n) is 3.89. The van der Waals surface area contributed by atoms with E-state index in [4.69, 9.17) is 0 Å². The number of piperazine rings is 1. The molecular weight excluding hydrogens is 296 g/mol. The van der Waals surface area contributed by atoms with E-state index in [1.165, 1.54) is 11.3 Å². The Bertz CT molecular complexity index is 604. The maximum absolute atomic E-state index is 12.0. The van der Waals surface area contributed by atoms with Crippen LogP contribution in [0.4, 0.5) is 11.5 Å². The lowest BCUT2D eigenvalue weighted by Crippen LogP contribution is -2.46. The molecule has 22 heavy (non-hydrogen) atoms. The van der Waals surface area contributed by atoms with Crippen molar-refractivity contribution in [2.45, 2.75) is 6.92 Å². The predicted molar refractivity (Wildman–Crippen MR) is 90.8 cm³/mol. The Balaban J connectivity index is 1.60. The van der Waals surface area contributed by atoms with Crippen molar-refractivity contribution in [3.8, 4) is 0 Å². The van der Waals surface area contributed by atoms with Gasteiger partial charge in [0, 0.05) is 26.2 Å². The Kier molecular flexibility index (Phi) is 4.70. The van der Waals surface area contributed by atoms with Gasteiger partial charge >= 0.3 is 0 Å². The first-order valence-electron chi connectivity index (χ1n) is 7.54. The number of pyridine rings is 1. The van der Waals surface area contributed by atoms with E-state index in [9.17, 15) is 4.79 Å². The lowest BCUT2D eigenvalue weighted by molar-refractivity contribution is 0.103. The van der Waals surface area contributed by atoms with Gasteiger partial charge in [-0.05, 0) is 30.1 Å². The Morgan fingerprint density at radius 1 is 1.27 bits per heavy atom. The number of thiophene rings is 1. The molecule has 0 radical (unpaired) electrons. The zero-order valence-electron chi connectivity index (χ0n) is 12.7. The molecule has 1 amide bonds. The lowest BCUT2D eigenvalue weighted by Gasteiger charge is -2.34. The molecule has 1 N–H and O–H groups in total. The number of carbonyl (C=O) groups excluding carboxylic acids is 1. The fraction of sp³-hybridized carbons (Fsp3) is 0.375. The highest BCUT2D eigenvalue weighted by Gasteiger charge is 2.16. The number of hydrogen-bond acceptors (Lipinski definition) is 5. The van der Waals surface area contributed by atoms with Crippen LogP contribution in [0.25, 0.3) is 0 Å². The molecule has 2 aromatic rings. The highest BCUT2D eigenvalue weighted by molar-refractivity contribution is 7.12. The standard InChI is InChI=1S/C16H20N4OS/c1-2-19-7-9-20(10-8-19)15-6-5-13(12-17-15)18-16(21)14-4-3-11-22-14/h3-6,11-12H,2,7-10H2,1H3,(H,18,21). The molecule has 1 aliphatic heterocycles. The van der Waals surface area contributed by atoms with Gasteiger partial charge < -0.3 is 15.1 Å². The first-order valence-corrected chi connectivity index (χ1v) is 8.42. The van der Waals surface area contributed by atoms with Gasteiger partial charge in [0.15, 0.2) is 0 Å². The molecule has 1 fully saturated rings. The van der Waals surface area contributed by atoms with E-state index >= 15 is 0 Å². The van der Waals surface area contributed by atoms with Gasteiger partial charge in [-0.15, -0.1) is 11.3 Å². The number of anilines is 2. The number of likely N-dealkylation sites (N-methyl/N-ethyl adjacent to an activating group) is 1. The van der Waals surface area contributed by atoms with Gasteiger partial charge in [0.05, 0.1) is 16.8 Å². The summed E-state index contributed by atoms with van der Waals surface area (Å²) in [6.07, 6.45) is 1.73. The van der Waals surface area contributed by atoms with Crippen molar-refractivity contribution >= 4 is 28.7 Å². The smallest absolute Gasteiger partial charge is 0.265 e. The molecule has 3 heterocycles. The second-order valence-electron chi connectivity index (χ2n) is 5.26. The van der Waals surface area contributed by atoms with E-state index in [0.29, 0.717) is 4.88 Å². The summed E-state index contributed by atoms with van der Waals surface area (Å²) >= 11 is 1.43. The molecule has 0 saturated carbocycles. The maximum Gasteiger partial charge on any atom is 0.265 e. The van der Waals surface area contributed by atoms with Crippen LogP contribution in [-0.2, 0) is 0 Å². The largest absolute Gasteiger partial charge is 0.354 e. The number of carbonyl (C=O) groups is 1. The van der Waals surface area contributed by atoms with Crippen LogP contribution in [0.2, 0.25) is 0 Å². The zero-order chi connectivity index (χ0) is 15.4. The molecule has 0 atom stereocenters. The molecule has 1 saturated heterocycles. The molecule has 6 heteroatoms. The Morgan fingerprint density at radius 2 is 2.09 bits per heavy atom. The van der Waals surface area contributed by atoms with Crippen LogP contribution < -0.4 is 10.2 Å².